The molecule has 0 aliphatic heterocycles. The quantitative estimate of drug-likeness (QED) is 0.780. The lowest BCUT2D eigenvalue weighted by molar-refractivity contribution is 0.900. The van der Waals surface area contributed by atoms with Gasteiger partial charge in [0.1, 0.15) is 11.4 Å². The highest BCUT2D eigenvalue weighted by molar-refractivity contribution is 5.62. The molecule has 2 heterocycles. The van der Waals surface area contributed by atoms with E-state index in [4.69, 9.17) is 0 Å². The lowest BCUT2D eigenvalue weighted by atomic mass is 10.3. The Morgan fingerprint density at radius 3 is 2.39 bits per heavy atom. The molecule has 0 saturated heterocycles. The Bertz CT molecular complexity index is 547. The van der Waals surface area contributed by atoms with Crippen molar-refractivity contribution in [3.8, 4) is 11.4 Å². The van der Waals surface area contributed by atoms with Gasteiger partial charge >= 0.3 is 0 Å². The van der Waals surface area contributed by atoms with E-state index < -0.39 is 0 Å². The number of nitrogens with zero attached hydrogens (tertiary/aromatic N) is 5. The van der Waals surface area contributed by atoms with Crippen LogP contribution in [-0.4, -0.2) is 26.0 Å². The van der Waals surface area contributed by atoms with Crippen LogP contribution in [0.2, 0.25) is 0 Å². The predicted octanol–water partition coefficient (Wildman–Crippen LogP) is 3.13. The van der Waals surface area contributed by atoms with Gasteiger partial charge in [0.25, 0.3) is 0 Å². The van der Waals surface area contributed by atoms with E-state index in [-0.39, 0.29) is 0 Å². The van der Waals surface area contributed by atoms with Crippen molar-refractivity contribution in [2.45, 2.75) is 20.8 Å². The van der Waals surface area contributed by atoms with Crippen LogP contribution < -0.4 is 0 Å². The fourth-order valence-electron chi connectivity index (χ4n) is 1.44. The Hall–Kier alpha value is -2.17. The van der Waals surface area contributed by atoms with E-state index >= 15 is 0 Å². The Balaban J connectivity index is 0.000000771. The van der Waals surface area contributed by atoms with E-state index in [1.54, 1.807) is 11.0 Å². The van der Waals surface area contributed by atoms with Crippen LogP contribution >= 0.6 is 0 Å². The van der Waals surface area contributed by atoms with Crippen molar-refractivity contribution >= 4 is 18.2 Å². The van der Waals surface area contributed by atoms with Gasteiger partial charge < -0.3 is 4.57 Å². The first-order valence-corrected chi connectivity index (χ1v) is 5.83. The highest BCUT2D eigenvalue weighted by Gasteiger charge is 2.10. The summed E-state index contributed by atoms with van der Waals surface area (Å²) in [6, 6.07) is 1.84. The highest BCUT2D eigenvalue weighted by atomic mass is 15.3. The second-order valence-corrected chi connectivity index (χ2v) is 3.62. The van der Waals surface area contributed by atoms with Gasteiger partial charge in [-0.2, -0.15) is 5.10 Å². The molecule has 0 amide bonds. The normalized spacial score (nSPS) is 9.56. The van der Waals surface area contributed by atoms with E-state index in [0.29, 0.717) is 5.82 Å². The zero-order chi connectivity index (χ0) is 13.7. The highest BCUT2D eigenvalue weighted by Crippen LogP contribution is 2.23. The second kappa shape index (κ2) is 5.95. The molecule has 2 aromatic rings. The Morgan fingerprint density at radius 2 is 2.00 bits per heavy atom. The molecular formula is C13H19N5. The summed E-state index contributed by atoms with van der Waals surface area (Å²) in [4.78, 5) is 8.13. The zero-order valence-corrected chi connectivity index (χ0v) is 11.4. The summed E-state index contributed by atoms with van der Waals surface area (Å²) in [5.74, 6) is 0.674. The van der Waals surface area contributed by atoms with Crippen LogP contribution in [0.5, 0.6) is 0 Å². The van der Waals surface area contributed by atoms with Gasteiger partial charge in [0, 0.05) is 25.0 Å². The summed E-state index contributed by atoms with van der Waals surface area (Å²) in [6.07, 6.45) is 3.63. The Morgan fingerprint density at radius 1 is 1.33 bits per heavy atom. The summed E-state index contributed by atoms with van der Waals surface area (Å²) in [5, 5.41) is 4.37. The van der Waals surface area contributed by atoms with Gasteiger partial charge in [-0.3, -0.25) is 0 Å². The SMILES string of the molecule is C=Nc1cc(-c2cn(C)cn2)nn1C(=C)C.CC. The van der Waals surface area contributed by atoms with E-state index in [2.05, 4.69) is 28.4 Å². The monoisotopic (exact) mass is 245 g/mol. The lowest BCUT2D eigenvalue weighted by Gasteiger charge is -1.99. The zero-order valence-electron chi connectivity index (χ0n) is 11.4. The molecule has 0 fully saturated rings. The maximum absolute atomic E-state index is 4.37. The number of aliphatic imine (C=N–C) groups is 1. The van der Waals surface area contributed by atoms with Gasteiger partial charge in [0.05, 0.1) is 6.33 Å². The molecule has 0 spiro atoms. The van der Waals surface area contributed by atoms with E-state index in [1.165, 1.54) is 0 Å². The van der Waals surface area contributed by atoms with E-state index in [0.717, 1.165) is 17.1 Å². The first-order chi connectivity index (χ1) is 8.61. The maximum Gasteiger partial charge on any atom is 0.155 e. The molecular weight excluding hydrogens is 226 g/mol. The van der Waals surface area contributed by atoms with Crippen molar-refractivity contribution in [2.24, 2.45) is 12.0 Å². The van der Waals surface area contributed by atoms with E-state index in [9.17, 15) is 0 Å². The smallest absolute Gasteiger partial charge is 0.155 e. The molecule has 2 aromatic heterocycles. The number of hydrogen-bond donors (Lipinski definition) is 0. The largest absolute Gasteiger partial charge is 0.340 e. The molecule has 2 rings (SSSR count). The number of rotatable bonds is 3. The number of hydrogen-bond acceptors (Lipinski definition) is 3. The molecule has 0 aromatic carbocycles. The topological polar surface area (TPSA) is 48.0 Å². The van der Waals surface area contributed by atoms with Crippen molar-refractivity contribution in [3.05, 3.63) is 25.2 Å². The fourth-order valence-corrected chi connectivity index (χ4v) is 1.44. The number of aromatic nitrogens is 4. The maximum atomic E-state index is 4.37. The van der Waals surface area contributed by atoms with Crippen LogP contribution in [-0.2, 0) is 7.05 Å². The lowest BCUT2D eigenvalue weighted by Crippen LogP contribution is -1.94. The number of aryl methyl sites for hydroxylation is 1. The summed E-state index contributed by atoms with van der Waals surface area (Å²) in [5.41, 5.74) is 2.38. The minimum absolute atomic E-state index is 0.674. The Labute approximate surface area is 108 Å². The van der Waals surface area contributed by atoms with Gasteiger partial charge in [-0.15, -0.1) is 0 Å². The van der Waals surface area contributed by atoms with Crippen molar-refractivity contribution in [1.29, 1.82) is 0 Å². The molecule has 5 nitrogen and oxygen atoms in total. The van der Waals surface area contributed by atoms with Crippen molar-refractivity contribution in [3.63, 3.8) is 0 Å². The minimum Gasteiger partial charge on any atom is -0.340 e. The minimum atomic E-state index is 0.674. The van der Waals surface area contributed by atoms with Crippen LogP contribution in [0.15, 0.2) is 30.2 Å². The third-order valence-electron chi connectivity index (χ3n) is 2.18. The molecule has 5 heteroatoms. The number of imidazole rings is 1. The van der Waals surface area contributed by atoms with Crippen LogP contribution in [0.1, 0.15) is 20.8 Å². The third kappa shape index (κ3) is 2.74. The molecule has 0 radical (unpaired) electrons. The molecule has 18 heavy (non-hydrogen) atoms. The summed E-state index contributed by atoms with van der Waals surface area (Å²) >= 11 is 0. The average molecular weight is 245 g/mol. The molecule has 96 valence electrons. The summed E-state index contributed by atoms with van der Waals surface area (Å²) in [6.45, 7) is 13.2. The molecule has 0 aliphatic carbocycles. The summed E-state index contributed by atoms with van der Waals surface area (Å²) in [7, 11) is 1.92. The van der Waals surface area contributed by atoms with Gasteiger partial charge in [-0.05, 0) is 13.6 Å². The fraction of sp³-hybridized carbons (Fsp3) is 0.308. The molecule has 0 N–H and O–H groups in total. The first kappa shape index (κ1) is 13.9. The average Bonchev–Trinajstić information content (AvgIpc) is 2.97. The third-order valence-corrected chi connectivity index (χ3v) is 2.18. The standard InChI is InChI=1S/C11H13N5.C2H6/c1-8(2)16-11(12-3)5-9(14-16)10-6-15(4)7-13-10;1-2/h5-7H,1,3H2,2,4H3;1-2H3. The molecule has 0 saturated carbocycles. The van der Waals surface area contributed by atoms with Crippen molar-refractivity contribution < 1.29 is 0 Å². The van der Waals surface area contributed by atoms with E-state index in [1.807, 2.05) is 44.6 Å². The molecule has 0 aliphatic rings. The predicted molar refractivity (Wildman–Crippen MR) is 76.0 cm³/mol. The van der Waals surface area contributed by atoms with Crippen LogP contribution in [0.3, 0.4) is 0 Å². The van der Waals surface area contributed by atoms with Gasteiger partial charge in [0.15, 0.2) is 5.82 Å². The summed E-state index contributed by atoms with van der Waals surface area (Å²) < 4.78 is 3.52. The number of allylic oxidation sites excluding steroid dienone is 1. The molecule has 0 bridgehead atoms. The second-order valence-electron chi connectivity index (χ2n) is 3.62. The molecule has 0 unspecified atom stereocenters. The van der Waals surface area contributed by atoms with Gasteiger partial charge in [0.2, 0.25) is 0 Å². The van der Waals surface area contributed by atoms with Crippen LogP contribution in [0.4, 0.5) is 5.82 Å². The van der Waals surface area contributed by atoms with Crippen LogP contribution in [0, 0.1) is 0 Å². The Kier molecular flexibility index (Phi) is 4.59. The van der Waals surface area contributed by atoms with Gasteiger partial charge in [-0.1, -0.05) is 20.4 Å². The van der Waals surface area contributed by atoms with Crippen molar-refractivity contribution in [1.82, 2.24) is 19.3 Å². The van der Waals surface area contributed by atoms with Crippen LogP contribution in [0.25, 0.3) is 17.1 Å². The first-order valence-electron chi connectivity index (χ1n) is 5.83. The van der Waals surface area contributed by atoms with Gasteiger partial charge in [-0.25, -0.2) is 14.7 Å². The van der Waals surface area contributed by atoms with Crippen molar-refractivity contribution in [2.75, 3.05) is 0 Å². The molecule has 0 atom stereocenters.